The van der Waals surface area contributed by atoms with Crippen LogP contribution in [-0.2, 0) is 6.42 Å². The highest BCUT2D eigenvalue weighted by Crippen LogP contribution is 2.06. The summed E-state index contributed by atoms with van der Waals surface area (Å²) in [5.74, 6) is 0.766. The lowest BCUT2D eigenvalue weighted by molar-refractivity contribution is 0.858. The third kappa shape index (κ3) is 3.60. The number of aromatic nitrogens is 1. The first kappa shape index (κ1) is 12.1. The zero-order valence-electron chi connectivity index (χ0n) is 10.1. The molecule has 0 radical (unpaired) electrons. The molecule has 1 heterocycles. The van der Waals surface area contributed by atoms with E-state index in [0.29, 0.717) is 5.69 Å². The summed E-state index contributed by atoms with van der Waals surface area (Å²) in [5.41, 5.74) is 1.79. The van der Waals surface area contributed by atoms with Gasteiger partial charge in [0.05, 0.1) is 0 Å². The third-order valence-corrected chi connectivity index (χ3v) is 2.65. The molecule has 18 heavy (non-hydrogen) atoms. The number of benzene rings is 1. The van der Waals surface area contributed by atoms with E-state index in [0.717, 1.165) is 25.2 Å². The fourth-order valence-corrected chi connectivity index (χ4v) is 1.75. The molecule has 1 N–H and O–H groups in total. The van der Waals surface area contributed by atoms with Crippen molar-refractivity contribution in [2.75, 3.05) is 11.9 Å². The minimum absolute atomic E-state index is 0.447. The summed E-state index contributed by atoms with van der Waals surface area (Å²) in [6.45, 7) is 0.858. The van der Waals surface area contributed by atoms with E-state index in [1.807, 2.05) is 24.3 Å². The molecule has 0 saturated carbocycles. The second kappa shape index (κ2) is 6.41. The molecule has 0 aliphatic rings. The van der Waals surface area contributed by atoms with Crippen LogP contribution in [0.5, 0.6) is 0 Å². The molecular formula is C15H15N3. The van der Waals surface area contributed by atoms with Crippen molar-refractivity contribution in [1.29, 1.82) is 5.26 Å². The minimum atomic E-state index is 0.447. The molecule has 2 rings (SSSR count). The van der Waals surface area contributed by atoms with E-state index in [2.05, 4.69) is 34.6 Å². The highest BCUT2D eigenvalue weighted by Gasteiger charge is 1.96. The summed E-state index contributed by atoms with van der Waals surface area (Å²) < 4.78 is 0. The maximum Gasteiger partial charge on any atom is 0.142 e. The highest BCUT2D eigenvalue weighted by molar-refractivity contribution is 5.38. The average molecular weight is 237 g/mol. The average Bonchev–Trinajstić information content (AvgIpc) is 2.45. The van der Waals surface area contributed by atoms with Gasteiger partial charge in [-0.3, -0.25) is 0 Å². The lowest BCUT2D eigenvalue weighted by Crippen LogP contribution is -2.04. The number of rotatable bonds is 5. The van der Waals surface area contributed by atoms with Crippen molar-refractivity contribution >= 4 is 5.82 Å². The van der Waals surface area contributed by atoms with Crippen molar-refractivity contribution in [2.45, 2.75) is 12.8 Å². The Morgan fingerprint density at radius 3 is 2.67 bits per heavy atom. The Labute approximate surface area is 107 Å². The van der Waals surface area contributed by atoms with Crippen molar-refractivity contribution in [1.82, 2.24) is 4.98 Å². The van der Waals surface area contributed by atoms with Crippen LogP contribution in [0.25, 0.3) is 0 Å². The van der Waals surface area contributed by atoms with E-state index in [1.165, 1.54) is 5.56 Å². The van der Waals surface area contributed by atoms with Crippen LogP contribution in [-0.4, -0.2) is 11.5 Å². The van der Waals surface area contributed by atoms with Crippen LogP contribution in [0.15, 0.2) is 48.5 Å². The monoisotopic (exact) mass is 237 g/mol. The Hall–Kier alpha value is -2.34. The molecule has 1 aromatic carbocycles. The first-order chi connectivity index (χ1) is 8.88. The van der Waals surface area contributed by atoms with Crippen LogP contribution in [0.2, 0.25) is 0 Å². The standard InChI is InChI=1S/C15H15N3/c16-12-14-9-4-10-15(18-14)17-11-5-8-13-6-2-1-3-7-13/h1-4,6-7,9-10H,5,8,11H2,(H,17,18). The summed E-state index contributed by atoms with van der Waals surface area (Å²) in [4.78, 5) is 4.16. The van der Waals surface area contributed by atoms with Crippen molar-refractivity contribution in [3.63, 3.8) is 0 Å². The summed E-state index contributed by atoms with van der Waals surface area (Å²) in [6.07, 6.45) is 2.09. The molecule has 1 aromatic heterocycles. The normalized spacial score (nSPS) is 9.72. The number of hydrogen-bond donors (Lipinski definition) is 1. The van der Waals surface area contributed by atoms with Gasteiger partial charge in [0.25, 0.3) is 0 Å². The van der Waals surface area contributed by atoms with Crippen molar-refractivity contribution in [3.05, 3.63) is 59.8 Å². The Kier molecular flexibility index (Phi) is 4.32. The number of anilines is 1. The molecule has 0 aliphatic carbocycles. The quantitative estimate of drug-likeness (QED) is 0.813. The molecule has 0 saturated heterocycles. The molecule has 0 unspecified atom stereocenters. The SMILES string of the molecule is N#Cc1cccc(NCCCc2ccccc2)n1. The third-order valence-electron chi connectivity index (χ3n) is 2.65. The van der Waals surface area contributed by atoms with Crippen LogP contribution in [0.1, 0.15) is 17.7 Å². The number of nitriles is 1. The van der Waals surface area contributed by atoms with Gasteiger partial charge in [-0.1, -0.05) is 36.4 Å². The van der Waals surface area contributed by atoms with E-state index in [-0.39, 0.29) is 0 Å². The maximum absolute atomic E-state index is 8.74. The molecule has 0 bridgehead atoms. The van der Waals surface area contributed by atoms with Gasteiger partial charge < -0.3 is 5.32 Å². The van der Waals surface area contributed by atoms with Crippen molar-refractivity contribution in [3.8, 4) is 6.07 Å². The number of hydrogen-bond acceptors (Lipinski definition) is 3. The molecule has 90 valence electrons. The number of nitrogens with zero attached hydrogens (tertiary/aromatic N) is 2. The van der Waals surface area contributed by atoms with Gasteiger partial charge in [0.1, 0.15) is 17.6 Å². The van der Waals surface area contributed by atoms with E-state index >= 15 is 0 Å². The molecule has 3 nitrogen and oxygen atoms in total. The van der Waals surface area contributed by atoms with Crippen LogP contribution < -0.4 is 5.32 Å². The predicted molar refractivity (Wildman–Crippen MR) is 72.2 cm³/mol. The number of aryl methyl sites for hydroxylation is 1. The second-order valence-electron chi connectivity index (χ2n) is 4.04. The van der Waals surface area contributed by atoms with Crippen molar-refractivity contribution in [2.24, 2.45) is 0 Å². The fourth-order valence-electron chi connectivity index (χ4n) is 1.75. The van der Waals surface area contributed by atoms with Crippen LogP contribution in [0, 0.1) is 11.3 Å². The molecule has 0 fully saturated rings. The lowest BCUT2D eigenvalue weighted by atomic mass is 10.1. The predicted octanol–water partition coefficient (Wildman–Crippen LogP) is 3.00. The van der Waals surface area contributed by atoms with Gasteiger partial charge in [-0.05, 0) is 30.5 Å². The fraction of sp³-hybridized carbons (Fsp3) is 0.200. The topological polar surface area (TPSA) is 48.7 Å². The first-order valence-electron chi connectivity index (χ1n) is 6.03. The van der Waals surface area contributed by atoms with Gasteiger partial charge >= 0.3 is 0 Å². The van der Waals surface area contributed by atoms with Gasteiger partial charge in [-0.15, -0.1) is 0 Å². The molecular weight excluding hydrogens is 222 g/mol. The van der Waals surface area contributed by atoms with Gasteiger partial charge in [0.15, 0.2) is 0 Å². The zero-order chi connectivity index (χ0) is 12.6. The lowest BCUT2D eigenvalue weighted by Gasteiger charge is -2.05. The Morgan fingerprint density at radius 1 is 1.06 bits per heavy atom. The summed E-state index contributed by atoms with van der Waals surface area (Å²) >= 11 is 0. The summed E-state index contributed by atoms with van der Waals surface area (Å²) in [6, 6.07) is 17.9. The molecule has 0 spiro atoms. The van der Waals surface area contributed by atoms with Crippen LogP contribution >= 0.6 is 0 Å². The number of pyridine rings is 1. The highest BCUT2D eigenvalue weighted by atomic mass is 15.0. The van der Waals surface area contributed by atoms with E-state index in [9.17, 15) is 0 Å². The summed E-state index contributed by atoms with van der Waals surface area (Å²) in [5, 5.41) is 12.0. The molecule has 3 heteroatoms. The largest absolute Gasteiger partial charge is 0.370 e. The van der Waals surface area contributed by atoms with Gasteiger partial charge in [-0.25, -0.2) is 4.98 Å². The Bertz CT molecular complexity index is 529. The number of nitrogens with one attached hydrogen (secondary N) is 1. The Balaban J connectivity index is 1.77. The van der Waals surface area contributed by atoms with Crippen LogP contribution in [0.3, 0.4) is 0 Å². The van der Waals surface area contributed by atoms with E-state index in [4.69, 9.17) is 5.26 Å². The molecule has 0 atom stereocenters. The Morgan fingerprint density at radius 2 is 1.89 bits per heavy atom. The maximum atomic E-state index is 8.74. The van der Waals surface area contributed by atoms with Gasteiger partial charge in [0.2, 0.25) is 0 Å². The smallest absolute Gasteiger partial charge is 0.142 e. The van der Waals surface area contributed by atoms with E-state index < -0.39 is 0 Å². The van der Waals surface area contributed by atoms with Gasteiger partial charge in [-0.2, -0.15) is 5.26 Å². The van der Waals surface area contributed by atoms with Crippen molar-refractivity contribution < 1.29 is 0 Å². The van der Waals surface area contributed by atoms with Crippen LogP contribution in [0.4, 0.5) is 5.82 Å². The minimum Gasteiger partial charge on any atom is -0.370 e. The molecule has 2 aromatic rings. The van der Waals surface area contributed by atoms with Gasteiger partial charge in [0, 0.05) is 6.54 Å². The van der Waals surface area contributed by atoms with E-state index in [1.54, 1.807) is 6.07 Å². The summed E-state index contributed by atoms with van der Waals surface area (Å²) in [7, 11) is 0. The second-order valence-corrected chi connectivity index (χ2v) is 4.04. The first-order valence-corrected chi connectivity index (χ1v) is 6.03. The zero-order valence-corrected chi connectivity index (χ0v) is 10.1. The molecule has 0 amide bonds. The molecule has 0 aliphatic heterocycles.